The molecule has 0 atom stereocenters. The van der Waals surface area contributed by atoms with Crippen molar-refractivity contribution >= 4 is 11.6 Å². The van der Waals surface area contributed by atoms with Crippen molar-refractivity contribution in [3.8, 4) is 35.1 Å². The van der Waals surface area contributed by atoms with Crippen LogP contribution in [0.15, 0.2) is 65.2 Å². The summed E-state index contributed by atoms with van der Waals surface area (Å²) < 4.78 is 27.0. The van der Waals surface area contributed by atoms with E-state index in [-0.39, 0.29) is 29.1 Å². The number of amides is 1. The molecule has 1 amide bonds. The van der Waals surface area contributed by atoms with Gasteiger partial charge in [-0.2, -0.15) is 9.97 Å². The highest BCUT2D eigenvalue weighted by Gasteiger charge is 2.20. The predicted molar refractivity (Wildman–Crippen MR) is 131 cm³/mol. The average Bonchev–Trinajstić information content (AvgIpc) is 3.34. The second kappa shape index (κ2) is 10.3. The molecule has 0 aliphatic heterocycles. The zero-order valence-electron chi connectivity index (χ0n) is 20.6. The molecule has 2 aromatic carbocycles. The number of carbonyl (C=O) groups excluding carboxylic acids is 1. The molecule has 186 valence electrons. The van der Waals surface area contributed by atoms with Crippen LogP contribution in [-0.2, 0) is 5.41 Å². The predicted octanol–water partition coefficient (Wildman–Crippen LogP) is 5.62. The van der Waals surface area contributed by atoms with Crippen LogP contribution >= 0.6 is 0 Å². The second-order valence-corrected chi connectivity index (χ2v) is 8.73. The molecule has 0 saturated heterocycles. The molecule has 0 radical (unpaired) electrons. The maximum absolute atomic E-state index is 12.8. The molecule has 0 aliphatic rings. The summed E-state index contributed by atoms with van der Waals surface area (Å²) in [5, 5.41) is 6.79. The third kappa shape index (κ3) is 6.09. The Balaban J connectivity index is 1.40. The van der Waals surface area contributed by atoms with Crippen molar-refractivity contribution in [3.63, 3.8) is 0 Å². The van der Waals surface area contributed by atoms with Crippen LogP contribution in [0.3, 0.4) is 0 Å². The molecule has 2 heterocycles. The lowest BCUT2D eigenvalue weighted by molar-refractivity contribution is 0.102. The molecule has 0 bridgehead atoms. The Labute approximate surface area is 208 Å². The maximum atomic E-state index is 12.8. The molecular formula is C26H26N4O6. The van der Waals surface area contributed by atoms with E-state index >= 15 is 0 Å². The van der Waals surface area contributed by atoms with Crippen LogP contribution in [0.4, 0.5) is 5.69 Å². The van der Waals surface area contributed by atoms with Gasteiger partial charge in [0.2, 0.25) is 11.8 Å². The number of benzene rings is 2. The first-order valence-electron chi connectivity index (χ1n) is 11.0. The van der Waals surface area contributed by atoms with Gasteiger partial charge in [-0.1, -0.05) is 26.8 Å². The van der Waals surface area contributed by atoms with E-state index in [0.29, 0.717) is 28.6 Å². The molecule has 0 unspecified atom stereocenters. The Hall–Kier alpha value is -4.60. The van der Waals surface area contributed by atoms with Gasteiger partial charge >= 0.3 is 6.01 Å². The standard InChI is InChI=1S/C26H26N4O6/c1-26(2,3)20-14-23(30-36-20)34-18-11-9-17(10-12-18)27-24(31)16-7-6-8-19(13-16)35-25-28-21(32-4)15-22(29-25)33-5/h6-15H,1-5H3,(H,27,31). The molecule has 4 aromatic rings. The number of hydrogen-bond donors (Lipinski definition) is 1. The van der Waals surface area contributed by atoms with Gasteiger partial charge in [0.15, 0.2) is 0 Å². The van der Waals surface area contributed by atoms with E-state index in [1.807, 2.05) is 20.8 Å². The van der Waals surface area contributed by atoms with Gasteiger partial charge in [0.1, 0.15) is 17.3 Å². The highest BCUT2D eigenvalue weighted by molar-refractivity contribution is 6.04. The molecule has 0 spiro atoms. The van der Waals surface area contributed by atoms with Gasteiger partial charge in [0.25, 0.3) is 11.8 Å². The van der Waals surface area contributed by atoms with Crippen LogP contribution < -0.4 is 24.3 Å². The number of carbonyl (C=O) groups is 1. The molecule has 4 rings (SSSR count). The van der Waals surface area contributed by atoms with Crippen molar-refractivity contribution in [3.05, 3.63) is 72.0 Å². The Morgan fingerprint density at radius 2 is 1.53 bits per heavy atom. The van der Waals surface area contributed by atoms with Gasteiger partial charge in [-0.05, 0) is 47.6 Å². The molecule has 10 nitrogen and oxygen atoms in total. The first-order valence-corrected chi connectivity index (χ1v) is 11.0. The first kappa shape index (κ1) is 24.5. The molecule has 0 saturated carbocycles. The molecular weight excluding hydrogens is 464 g/mol. The summed E-state index contributed by atoms with van der Waals surface area (Å²) in [4.78, 5) is 21.1. The average molecular weight is 491 g/mol. The van der Waals surface area contributed by atoms with Crippen molar-refractivity contribution in [2.24, 2.45) is 0 Å². The molecule has 0 aliphatic carbocycles. The number of nitrogens with one attached hydrogen (secondary N) is 1. The third-order valence-electron chi connectivity index (χ3n) is 4.94. The van der Waals surface area contributed by atoms with E-state index in [2.05, 4.69) is 20.4 Å². The zero-order valence-corrected chi connectivity index (χ0v) is 20.6. The lowest BCUT2D eigenvalue weighted by Gasteiger charge is -2.11. The molecule has 10 heteroatoms. The summed E-state index contributed by atoms with van der Waals surface area (Å²) in [6.07, 6.45) is 0. The van der Waals surface area contributed by atoms with Gasteiger partial charge in [0, 0.05) is 22.7 Å². The van der Waals surface area contributed by atoms with Crippen LogP contribution in [0.25, 0.3) is 0 Å². The largest absolute Gasteiger partial charge is 0.481 e. The third-order valence-corrected chi connectivity index (χ3v) is 4.94. The Morgan fingerprint density at radius 3 is 2.14 bits per heavy atom. The molecule has 1 N–H and O–H groups in total. The van der Waals surface area contributed by atoms with E-state index in [1.54, 1.807) is 54.6 Å². The second-order valence-electron chi connectivity index (χ2n) is 8.73. The van der Waals surface area contributed by atoms with Crippen LogP contribution in [0, 0.1) is 0 Å². The molecule has 36 heavy (non-hydrogen) atoms. The number of anilines is 1. The quantitative estimate of drug-likeness (QED) is 0.336. The number of methoxy groups -OCH3 is 2. The van der Waals surface area contributed by atoms with E-state index in [0.717, 1.165) is 5.76 Å². The number of aromatic nitrogens is 3. The van der Waals surface area contributed by atoms with Crippen LogP contribution in [-0.4, -0.2) is 35.3 Å². The van der Waals surface area contributed by atoms with Crippen molar-refractivity contribution in [2.45, 2.75) is 26.2 Å². The Kier molecular flexibility index (Phi) is 7.05. The number of hydrogen-bond acceptors (Lipinski definition) is 9. The smallest absolute Gasteiger partial charge is 0.328 e. The Morgan fingerprint density at radius 1 is 0.833 bits per heavy atom. The zero-order chi connectivity index (χ0) is 25.7. The highest BCUT2D eigenvalue weighted by Crippen LogP contribution is 2.29. The first-order chi connectivity index (χ1) is 17.2. The summed E-state index contributed by atoms with van der Waals surface area (Å²) in [5.74, 6) is 2.29. The van der Waals surface area contributed by atoms with Crippen LogP contribution in [0.1, 0.15) is 36.9 Å². The molecule has 2 aromatic heterocycles. The summed E-state index contributed by atoms with van der Waals surface area (Å²) in [5.41, 5.74) is 0.814. The van der Waals surface area contributed by atoms with Crippen molar-refractivity contribution < 1.29 is 28.3 Å². The fourth-order valence-electron chi connectivity index (χ4n) is 3.04. The monoisotopic (exact) mass is 490 g/mol. The van der Waals surface area contributed by atoms with Crippen LogP contribution in [0.5, 0.6) is 35.1 Å². The lowest BCUT2D eigenvalue weighted by atomic mass is 9.94. The Bertz CT molecular complexity index is 1320. The minimum Gasteiger partial charge on any atom is -0.481 e. The SMILES string of the molecule is COc1cc(OC)nc(Oc2cccc(C(=O)Nc3ccc(Oc4cc(C(C)(C)C)on4)cc3)c2)n1. The van der Waals surface area contributed by atoms with Gasteiger partial charge in [-0.15, -0.1) is 0 Å². The van der Waals surface area contributed by atoms with Crippen molar-refractivity contribution in [1.82, 2.24) is 15.1 Å². The number of rotatable bonds is 8. The van der Waals surface area contributed by atoms with Gasteiger partial charge in [-0.25, -0.2) is 0 Å². The summed E-state index contributed by atoms with van der Waals surface area (Å²) in [6.45, 7) is 6.08. The van der Waals surface area contributed by atoms with Crippen molar-refractivity contribution in [1.29, 1.82) is 0 Å². The van der Waals surface area contributed by atoms with Gasteiger partial charge < -0.3 is 28.8 Å². The van der Waals surface area contributed by atoms with E-state index in [4.69, 9.17) is 23.5 Å². The molecule has 0 fully saturated rings. The normalized spacial score (nSPS) is 11.0. The number of nitrogens with zero attached hydrogens (tertiary/aromatic N) is 3. The van der Waals surface area contributed by atoms with Crippen molar-refractivity contribution in [2.75, 3.05) is 19.5 Å². The number of ether oxygens (including phenoxy) is 4. The summed E-state index contributed by atoms with van der Waals surface area (Å²) in [6, 6.07) is 16.9. The van der Waals surface area contributed by atoms with E-state index in [9.17, 15) is 4.79 Å². The highest BCUT2D eigenvalue weighted by atomic mass is 16.5. The van der Waals surface area contributed by atoms with Crippen LogP contribution in [0.2, 0.25) is 0 Å². The minimum absolute atomic E-state index is 0.0288. The summed E-state index contributed by atoms with van der Waals surface area (Å²) in [7, 11) is 2.96. The van der Waals surface area contributed by atoms with Gasteiger partial charge in [-0.3, -0.25) is 4.79 Å². The lowest BCUT2D eigenvalue weighted by Crippen LogP contribution is -2.11. The van der Waals surface area contributed by atoms with E-state index in [1.165, 1.54) is 20.3 Å². The fraction of sp³-hybridized carbons (Fsp3) is 0.231. The minimum atomic E-state index is -0.315. The fourth-order valence-corrected chi connectivity index (χ4v) is 3.04. The summed E-state index contributed by atoms with van der Waals surface area (Å²) >= 11 is 0. The maximum Gasteiger partial charge on any atom is 0.328 e. The van der Waals surface area contributed by atoms with Gasteiger partial charge in [0.05, 0.1) is 20.3 Å². The topological polar surface area (TPSA) is 118 Å². The van der Waals surface area contributed by atoms with E-state index < -0.39 is 0 Å².